The van der Waals surface area contributed by atoms with Crippen LogP contribution in [0.3, 0.4) is 0 Å². The minimum atomic E-state index is -0.760. The molecule has 20 heavy (non-hydrogen) atoms. The van der Waals surface area contributed by atoms with Crippen molar-refractivity contribution in [2.45, 2.75) is 39.2 Å². The van der Waals surface area contributed by atoms with Crippen LogP contribution in [0.15, 0.2) is 25.3 Å². The molecule has 1 unspecified atom stereocenters. The number of hydrogen-bond acceptors (Lipinski definition) is 4. The fraction of sp³-hybridized carbons (Fsp3) is 0.600. The first-order chi connectivity index (χ1) is 9.51. The maximum absolute atomic E-state index is 11.8. The zero-order chi connectivity index (χ0) is 15.4. The summed E-state index contributed by atoms with van der Waals surface area (Å²) in [5.41, 5.74) is 0. The highest BCUT2D eigenvalue weighted by Crippen LogP contribution is 2.05. The van der Waals surface area contributed by atoms with Gasteiger partial charge in [-0.25, -0.2) is 9.59 Å². The molecule has 0 aliphatic heterocycles. The van der Waals surface area contributed by atoms with Gasteiger partial charge in [-0.2, -0.15) is 0 Å². The van der Waals surface area contributed by atoms with Crippen LogP contribution in [0.5, 0.6) is 0 Å². The molecule has 0 heterocycles. The average molecular weight is 283 g/mol. The molecule has 0 saturated carbocycles. The minimum absolute atomic E-state index is 0.0933. The summed E-state index contributed by atoms with van der Waals surface area (Å²) in [7, 11) is 0. The van der Waals surface area contributed by atoms with Crippen molar-refractivity contribution >= 4 is 12.1 Å². The van der Waals surface area contributed by atoms with Gasteiger partial charge in [0, 0.05) is 0 Å². The van der Waals surface area contributed by atoms with E-state index in [1.165, 1.54) is 6.08 Å². The zero-order valence-electron chi connectivity index (χ0n) is 12.4. The SMILES string of the molecule is C=CCOC(=O)NC(CC=C)C(=O)OCCCC(C)C. The largest absolute Gasteiger partial charge is 0.464 e. The molecule has 114 valence electrons. The predicted molar refractivity (Wildman–Crippen MR) is 78.3 cm³/mol. The van der Waals surface area contributed by atoms with Crippen molar-refractivity contribution in [2.75, 3.05) is 13.2 Å². The molecular weight excluding hydrogens is 258 g/mol. The van der Waals surface area contributed by atoms with Crippen LogP contribution in [0.4, 0.5) is 4.79 Å². The van der Waals surface area contributed by atoms with Gasteiger partial charge in [0.2, 0.25) is 0 Å². The lowest BCUT2D eigenvalue weighted by atomic mass is 10.1. The van der Waals surface area contributed by atoms with Gasteiger partial charge in [0.05, 0.1) is 6.61 Å². The van der Waals surface area contributed by atoms with E-state index in [0.29, 0.717) is 18.9 Å². The first-order valence-electron chi connectivity index (χ1n) is 6.83. The molecule has 0 aromatic rings. The van der Waals surface area contributed by atoms with Crippen LogP contribution in [-0.4, -0.2) is 31.3 Å². The average Bonchev–Trinajstić information content (AvgIpc) is 2.40. The van der Waals surface area contributed by atoms with Gasteiger partial charge in [-0.05, 0) is 25.2 Å². The summed E-state index contributed by atoms with van der Waals surface area (Å²) >= 11 is 0. The Hall–Kier alpha value is -1.78. The lowest BCUT2D eigenvalue weighted by Crippen LogP contribution is -2.42. The van der Waals surface area contributed by atoms with Gasteiger partial charge in [-0.3, -0.25) is 0 Å². The van der Waals surface area contributed by atoms with E-state index in [4.69, 9.17) is 9.47 Å². The van der Waals surface area contributed by atoms with Crippen molar-refractivity contribution in [3.63, 3.8) is 0 Å². The summed E-state index contributed by atoms with van der Waals surface area (Å²) in [5.74, 6) is 0.105. The molecule has 5 heteroatoms. The lowest BCUT2D eigenvalue weighted by Gasteiger charge is -2.16. The molecular formula is C15H25NO4. The molecule has 1 N–H and O–H groups in total. The normalized spacial score (nSPS) is 11.6. The van der Waals surface area contributed by atoms with Crippen LogP contribution in [0.2, 0.25) is 0 Å². The number of carbonyl (C=O) groups excluding carboxylic acids is 2. The second-order valence-corrected chi connectivity index (χ2v) is 4.81. The number of alkyl carbamates (subject to hydrolysis) is 1. The third-order valence-corrected chi connectivity index (χ3v) is 2.48. The molecule has 0 radical (unpaired) electrons. The van der Waals surface area contributed by atoms with Crippen LogP contribution in [0.1, 0.15) is 33.1 Å². The Morgan fingerprint density at radius 2 is 1.90 bits per heavy atom. The lowest BCUT2D eigenvalue weighted by molar-refractivity contribution is -0.146. The van der Waals surface area contributed by atoms with Crippen LogP contribution in [0.25, 0.3) is 0 Å². The van der Waals surface area contributed by atoms with Crippen molar-refractivity contribution in [3.8, 4) is 0 Å². The first kappa shape index (κ1) is 18.2. The molecule has 0 aromatic carbocycles. The van der Waals surface area contributed by atoms with Crippen LogP contribution >= 0.6 is 0 Å². The van der Waals surface area contributed by atoms with Gasteiger partial charge in [0.1, 0.15) is 12.6 Å². The number of hydrogen-bond donors (Lipinski definition) is 1. The summed E-state index contributed by atoms with van der Waals surface area (Å²) < 4.78 is 9.90. The van der Waals surface area contributed by atoms with Gasteiger partial charge in [-0.1, -0.05) is 32.6 Å². The maximum Gasteiger partial charge on any atom is 0.408 e. The van der Waals surface area contributed by atoms with Gasteiger partial charge in [0.25, 0.3) is 0 Å². The predicted octanol–water partition coefficient (Wildman–Crippen LogP) is 2.82. The Morgan fingerprint density at radius 3 is 2.45 bits per heavy atom. The van der Waals surface area contributed by atoms with E-state index in [0.717, 1.165) is 12.8 Å². The Balaban J connectivity index is 4.14. The van der Waals surface area contributed by atoms with Crippen molar-refractivity contribution < 1.29 is 19.1 Å². The van der Waals surface area contributed by atoms with Crippen molar-refractivity contribution in [3.05, 3.63) is 25.3 Å². The van der Waals surface area contributed by atoms with Crippen LogP contribution in [-0.2, 0) is 14.3 Å². The summed E-state index contributed by atoms with van der Waals surface area (Å²) in [6.45, 7) is 11.7. The Morgan fingerprint density at radius 1 is 1.20 bits per heavy atom. The first-order valence-corrected chi connectivity index (χ1v) is 6.83. The topological polar surface area (TPSA) is 64.6 Å². The molecule has 1 amide bonds. The van der Waals surface area contributed by atoms with E-state index in [1.807, 2.05) is 0 Å². The highest BCUT2D eigenvalue weighted by atomic mass is 16.6. The molecule has 5 nitrogen and oxygen atoms in total. The Labute approximate surface area is 121 Å². The van der Waals surface area contributed by atoms with E-state index < -0.39 is 18.1 Å². The van der Waals surface area contributed by atoms with E-state index in [-0.39, 0.29) is 6.61 Å². The molecule has 0 saturated heterocycles. The number of rotatable bonds is 10. The monoisotopic (exact) mass is 283 g/mol. The number of amides is 1. The van der Waals surface area contributed by atoms with Crippen LogP contribution in [0, 0.1) is 5.92 Å². The minimum Gasteiger partial charge on any atom is -0.464 e. The van der Waals surface area contributed by atoms with Crippen molar-refractivity contribution in [1.29, 1.82) is 0 Å². The van der Waals surface area contributed by atoms with E-state index in [2.05, 4.69) is 32.3 Å². The fourth-order valence-corrected chi connectivity index (χ4v) is 1.46. The molecule has 0 fully saturated rings. The molecule has 0 rings (SSSR count). The van der Waals surface area contributed by atoms with Gasteiger partial charge in [0.15, 0.2) is 0 Å². The smallest absolute Gasteiger partial charge is 0.408 e. The van der Waals surface area contributed by atoms with Crippen molar-refractivity contribution in [1.82, 2.24) is 5.32 Å². The van der Waals surface area contributed by atoms with Crippen LogP contribution < -0.4 is 5.32 Å². The Bertz CT molecular complexity index is 326. The molecule has 0 bridgehead atoms. The number of carbonyl (C=O) groups is 2. The van der Waals surface area contributed by atoms with E-state index in [9.17, 15) is 9.59 Å². The van der Waals surface area contributed by atoms with Gasteiger partial charge in [-0.15, -0.1) is 6.58 Å². The Kier molecular flexibility index (Phi) is 10.1. The maximum atomic E-state index is 11.8. The molecule has 0 spiro atoms. The third-order valence-electron chi connectivity index (χ3n) is 2.48. The fourth-order valence-electron chi connectivity index (χ4n) is 1.46. The number of nitrogens with one attached hydrogen (secondary N) is 1. The second kappa shape index (κ2) is 11.1. The quantitative estimate of drug-likeness (QED) is 0.380. The summed E-state index contributed by atoms with van der Waals surface area (Å²) in [5, 5.41) is 2.45. The second-order valence-electron chi connectivity index (χ2n) is 4.81. The molecule has 1 atom stereocenters. The summed E-state index contributed by atoms with van der Waals surface area (Å²) in [4.78, 5) is 23.2. The molecule has 0 aromatic heterocycles. The molecule has 0 aliphatic carbocycles. The number of esters is 1. The molecule has 0 aliphatic rings. The zero-order valence-corrected chi connectivity index (χ0v) is 12.4. The highest BCUT2D eigenvalue weighted by molar-refractivity contribution is 5.81. The van der Waals surface area contributed by atoms with E-state index >= 15 is 0 Å². The van der Waals surface area contributed by atoms with Crippen molar-refractivity contribution in [2.24, 2.45) is 5.92 Å². The summed E-state index contributed by atoms with van der Waals surface area (Å²) in [6.07, 6.45) is 4.43. The van der Waals surface area contributed by atoms with Gasteiger partial charge < -0.3 is 14.8 Å². The number of ether oxygens (including phenoxy) is 2. The summed E-state index contributed by atoms with van der Waals surface area (Å²) in [6, 6.07) is -0.760. The standard InChI is InChI=1S/C15H25NO4/c1-5-8-13(16-15(18)20-10-6-2)14(17)19-11-7-9-12(3)4/h5-6,12-13H,1-2,7-11H2,3-4H3,(H,16,18). The van der Waals surface area contributed by atoms with Gasteiger partial charge >= 0.3 is 12.1 Å². The third kappa shape index (κ3) is 9.19. The highest BCUT2D eigenvalue weighted by Gasteiger charge is 2.21. The van der Waals surface area contributed by atoms with E-state index in [1.54, 1.807) is 6.08 Å².